The van der Waals surface area contributed by atoms with Crippen LogP contribution in [0.4, 0.5) is 11.4 Å². The Hall–Kier alpha value is -1.62. The van der Waals surface area contributed by atoms with Gasteiger partial charge < -0.3 is 10.6 Å². The van der Waals surface area contributed by atoms with Gasteiger partial charge in [0, 0.05) is 18.7 Å². The first kappa shape index (κ1) is 10.9. The van der Waals surface area contributed by atoms with E-state index in [1.54, 1.807) is 18.2 Å². The molecule has 1 heterocycles. The number of hydrogen-bond acceptors (Lipinski definition) is 4. The Kier molecular flexibility index (Phi) is 3.36. The molecule has 1 aromatic carbocycles. The number of nitro benzene ring substituents is 1. The highest BCUT2D eigenvalue weighted by atomic mass is 16.6. The summed E-state index contributed by atoms with van der Waals surface area (Å²) >= 11 is 0. The Morgan fingerprint density at radius 1 is 1.50 bits per heavy atom. The van der Waals surface area contributed by atoms with Gasteiger partial charge in [0.2, 0.25) is 0 Å². The lowest BCUT2D eigenvalue weighted by atomic mass is 10.2. The van der Waals surface area contributed by atoms with Crippen LogP contribution in [0.5, 0.6) is 0 Å². The zero-order valence-electron chi connectivity index (χ0n) is 8.98. The molecule has 1 aliphatic heterocycles. The van der Waals surface area contributed by atoms with E-state index in [4.69, 9.17) is 0 Å². The number of nitrogens with one attached hydrogen (secondary N) is 2. The van der Waals surface area contributed by atoms with Gasteiger partial charge in [0.05, 0.1) is 4.92 Å². The van der Waals surface area contributed by atoms with Crippen molar-refractivity contribution in [2.45, 2.75) is 18.9 Å². The third-order valence-corrected chi connectivity index (χ3v) is 2.80. The van der Waals surface area contributed by atoms with Crippen LogP contribution in [-0.2, 0) is 0 Å². The lowest BCUT2D eigenvalue weighted by Crippen LogP contribution is -2.29. The van der Waals surface area contributed by atoms with Crippen LogP contribution < -0.4 is 10.6 Å². The third-order valence-electron chi connectivity index (χ3n) is 2.80. The summed E-state index contributed by atoms with van der Waals surface area (Å²) in [6, 6.07) is 7.17. The highest BCUT2D eigenvalue weighted by Gasteiger charge is 2.16. The minimum Gasteiger partial charge on any atom is -0.378 e. The topological polar surface area (TPSA) is 67.2 Å². The number of nitro groups is 1. The van der Waals surface area contributed by atoms with Crippen LogP contribution in [-0.4, -0.2) is 24.1 Å². The van der Waals surface area contributed by atoms with Gasteiger partial charge in [-0.15, -0.1) is 0 Å². The van der Waals surface area contributed by atoms with Crippen molar-refractivity contribution in [1.82, 2.24) is 5.32 Å². The Morgan fingerprint density at radius 3 is 3.00 bits per heavy atom. The van der Waals surface area contributed by atoms with Crippen molar-refractivity contribution < 1.29 is 4.92 Å². The summed E-state index contributed by atoms with van der Waals surface area (Å²) in [5, 5.41) is 17.2. The molecule has 1 saturated heterocycles. The van der Waals surface area contributed by atoms with Gasteiger partial charge in [-0.3, -0.25) is 10.1 Å². The second-order valence-electron chi connectivity index (χ2n) is 3.95. The molecule has 1 atom stereocenters. The minimum atomic E-state index is -0.357. The maximum absolute atomic E-state index is 10.8. The lowest BCUT2D eigenvalue weighted by molar-refractivity contribution is -0.384. The molecule has 1 aromatic rings. The van der Waals surface area contributed by atoms with Crippen LogP contribution in [0.3, 0.4) is 0 Å². The first-order valence-electron chi connectivity index (χ1n) is 5.48. The fourth-order valence-electron chi connectivity index (χ4n) is 1.95. The van der Waals surface area contributed by atoms with Gasteiger partial charge in [-0.2, -0.15) is 0 Å². The number of hydrogen-bond donors (Lipinski definition) is 2. The monoisotopic (exact) mass is 221 g/mol. The van der Waals surface area contributed by atoms with Gasteiger partial charge in [-0.25, -0.2) is 0 Å². The first-order valence-corrected chi connectivity index (χ1v) is 5.48. The molecule has 0 aromatic heterocycles. The molecule has 2 rings (SSSR count). The standard InChI is InChI=1S/C11H15N3O2/c15-14(16)11-6-2-1-5-10(11)13-8-9-4-3-7-12-9/h1-2,5-6,9,12-13H,3-4,7-8H2/t9-/m0/s1. The number of rotatable bonds is 4. The molecular formula is C11H15N3O2. The molecule has 5 nitrogen and oxygen atoms in total. The molecule has 0 aliphatic carbocycles. The summed E-state index contributed by atoms with van der Waals surface area (Å²) < 4.78 is 0. The van der Waals surface area contributed by atoms with Crippen molar-refractivity contribution in [3.8, 4) is 0 Å². The summed E-state index contributed by atoms with van der Waals surface area (Å²) in [5.41, 5.74) is 0.738. The van der Waals surface area contributed by atoms with Crippen LogP contribution in [0.1, 0.15) is 12.8 Å². The summed E-state index contributed by atoms with van der Waals surface area (Å²) in [7, 11) is 0. The molecule has 5 heteroatoms. The zero-order chi connectivity index (χ0) is 11.4. The normalized spacial score (nSPS) is 19.6. The van der Waals surface area contributed by atoms with Crippen molar-refractivity contribution in [2.75, 3.05) is 18.4 Å². The molecule has 0 saturated carbocycles. The van der Waals surface area contributed by atoms with E-state index in [0.29, 0.717) is 11.7 Å². The number of para-hydroxylation sites is 2. The van der Waals surface area contributed by atoms with Crippen LogP contribution in [0, 0.1) is 10.1 Å². The third kappa shape index (κ3) is 2.49. The predicted molar refractivity (Wildman–Crippen MR) is 62.6 cm³/mol. The Morgan fingerprint density at radius 2 is 2.31 bits per heavy atom. The smallest absolute Gasteiger partial charge is 0.292 e. The molecule has 0 unspecified atom stereocenters. The van der Waals surface area contributed by atoms with Crippen molar-refractivity contribution in [3.05, 3.63) is 34.4 Å². The fraction of sp³-hybridized carbons (Fsp3) is 0.455. The fourth-order valence-corrected chi connectivity index (χ4v) is 1.95. The summed E-state index contributed by atoms with van der Waals surface area (Å²) in [4.78, 5) is 10.4. The highest BCUT2D eigenvalue weighted by molar-refractivity contribution is 5.61. The van der Waals surface area contributed by atoms with E-state index < -0.39 is 0 Å². The van der Waals surface area contributed by atoms with E-state index >= 15 is 0 Å². The second kappa shape index (κ2) is 4.94. The molecule has 0 amide bonds. The Bertz CT molecular complexity index is 375. The molecule has 86 valence electrons. The molecule has 0 bridgehead atoms. The summed E-state index contributed by atoms with van der Waals surface area (Å²) in [6.45, 7) is 1.79. The van der Waals surface area contributed by atoms with Crippen molar-refractivity contribution in [2.24, 2.45) is 0 Å². The number of anilines is 1. The quantitative estimate of drug-likeness (QED) is 0.600. The largest absolute Gasteiger partial charge is 0.378 e. The van der Waals surface area contributed by atoms with Crippen LogP contribution >= 0.6 is 0 Å². The van der Waals surface area contributed by atoms with Gasteiger partial charge in [-0.1, -0.05) is 12.1 Å². The molecule has 0 radical (unpaired) electrons. The zero-order valence-corrected chi connectivity index (χ0v) is 8.98. The minimum absolute atomic E-state index is 0.139. The maximum atomic E-state index is 10.8. The van der Waals surface area contributed by atoms with Crippen molar-refractivity contribution >= 4 is 11.4 Å². The molecule has 0 spiro atoms. The molecule has 16 heavy (non-hydrogen) atoms. The van der Waals surface area contributed by atoms with Gasteiger partial charge in [0.25, 0.3) is 5.69 Å². The predicted octanol–water partition coefficient (Wildman–Crippen LogP) is 1.76. The summed E-state index contributed by atoms with van der Waals surface area (Å²) in [6.07, 6.45) is 2.32. The van der Waals surface area contributed by atoms with Gasteiger partial charge in [-0.05, 0) is 25.5 Å². The summed E-state index contributed by atoms with van der Waals surface area (Å²) in [5.74, 6) is 0. The van der Waals surface area contributed by atoms with Crippen LogP contribution in [0.2, 0.25) is 0 Å². The molecular weight excluding hydrogens is 206 g/mol. The van der Waals surface area contributed by atoms with Crippen LogP contribution in [0.25, 0.3) is 0 Å². The average molecular weight is 221 g/mol. The average Bonchev–Trinajstić information content (AvgIpc) is 2.79. The van der Waals surface area contributed by atoms with Crippen LogP contribution in [0.15, 0.2) is 24.3 Å². The SMILES string of the molecule is O=[N+]([O-])c1ccccc1NC[C@@H]1CCCN1. The van der Waals surface area contributed by atoms with Crippen molar-refractivity contribution in [3.63, 3.8) is 0 Å². The second-order valence-corrected chi connectivity index (χ2v) is 3.95. The lowest BCUT2D eigenvalue weighted by Gasteiger charge is -2.12. The molecule has 1 aliphatic rings. The molecule has 2 N–H and O–H groups in total. The van der Waals surface area contributed by atoms with E-state index in [2.05, 4.69) is 10.6 Å². The Balaban J connectivity index is 2.00. The number of nitrogens with zero attached hydrogens (tertiary/aromatic N) is 1. The molecule has 1 fully saturated rings. The van der Waals surface area contributed by atoms with Gasteiger partial charge in [0.1, 0.15) is 5.69 Å². The first-order chi connectivity index (χ1) is 7.77. The van der Waals surface area contributed by atoms with E-state index in [1.165, 1.54) is 12.5 Å². The van der Waals surface area contributed by atoms with Crippen molar-refractivity contribution in [1.29, 1.82) is 0 Å². The van der Waals surface area contributed by atoms with E-state index in [0.717, 1.165) is 19.5 Å². The van der Waals surface area contributed by atoms with E-state index in [1.807, 2.05) is 0 Å². The van der Waals surface area contributed by atoms with Gasteiger partial charge in [0.15, 0.2) is 0 Å². The number of benzene rings is 1. The highest BCUT2D eigenvalue weighted by Crippen LogP contribution is 2.23. The van der Waals surface area contributed by atoms with E-state index in [-0.39, 0.29) is 10.6 Å². The van der Waals surface area contributed by atoms with E-state index in [9.17, 15) is 10.1 Å². The Labute approximate surface area is 94.0 Å². The van der Waals surface area contributed by atoms with Gasteiger partial charge >= 0.3 is 0 Å². The maximum Gasteiger partial charge on any atom is 0.292 e.